The summed E-state index contributed by atoms with van der Waals surface area (Å²) in [7, 11) is 4.93. The predicted molar refractivity (Wildman–Crippen MR) is 156 cm³/mol. The van der Waals surface area contributed by atoms with Crippen LogP contribution in [0.5, 0.6) is 5.75 Å². The number of carbonyl (C=O) groups is 2. The molecule has 0 fully saturated rings. The number of esters is 2. The van der Waals surface area contributed by atoms with Gasteiger partial charge in [-0.05, 0) is 50.6 Å². The molecule has 10 heteroatoms. The predicted octanol–water partition coefficient (Wildman–Crippen LogP) is 4.97. The Morgan fingerprint density at radius 1 is 1.10 bits per heavy atom. The van der Waals surface area contributed by atoms with Gasteiger partial charge in [-0.2, -0.15) is 0 Å². The molecule has 220 valence electrons. The van der Waals surface area contributed by atoms with Crippen LogP contribution >= 0.6 is 0 Å². The van der Waals surface area contributed by atoms with Gasteiger partial charge in [-0.1, -0.05) is 38.1 Å². The van der Waals surface area contributed by atoms with Crippen molar-refractivity contribution in [1.82, 2.24) is 4.90 Å². The summed E-state index contributed by atoms with van der Waals surface area (Å²) < 4.78 is 16.1. The van der Waals surface area contributed by atoms with Gasteiger partial charge in [-0.25, -0.2) is 4.79 Å². The molecular weight excluding hydrogens is 526 g/mol. The second kappa shape index (κ2) is 13.5. The molecule has 0 bridgehead atoms. The van der Waals surface area contributed by atoms with Crippen molar-refractivity contribution in [2.45, 2.75) is 40.0 Å². The molecule has 0 saturated heterocycles. The number of non-ortho nitro benzene ring substituents is 1. The number of hydrogen-bond acceptors (Lipinski definition) is 9. The van der Waals surface area contributed by atoms with E-state index in [1.54, 1.807) is 27.0 Å². The van der Waals surface area contributed by atoms with Crippen LogP contribution in [0.1, 0.15) is 44.7 Å². The van der Waals surface area contributed by atoms with E-state index in [0.717, 1.165) is 18.7 Å². The summed E-state index contributed by atoms with van der Waals surface area (Å²) in [6, 6.07) is 13.9. The van der Waals surface area contributed by atoms with Crippen molar-refractivity contribution in [3.8, 4) is 5.75 Å². The summed E-state index contributed by atoms with van der Waals surface area (Å²) in [5.74, 6) is -2.15. The number of benzene rings is 2. The van der Waals surface area contributed by atoms with E-state index in [-0.39, 0.29) is 23.3 Å². The first-order valence-electron chi connectivity index (χ1n) is 13.4. The minimum absolute atomic E-state index is 0.128. The second-order valence-corrected chi connectivity index (χ2v) is 11.2. The molecule has 0 amide bonds. The lowest BCUT2D eigenvalue weighted by molar-refractivity contribution is -0.384. The van der Waals surface area contributed by atoms with E-state index >= 15 is 0 Å². The van der Waals surface area contributed by atoms with Gasteiger partial charge >= 0.3 is 11.9 Å². The molecule has 0 saturated carbocycles. The molecule has 2 aromatic carbocycles. The van der Waals surface area contributed by atoms with Gasteiger partial charge in [0.05, 0.1) is 31.3 Å². The molecule has 0 aliphatic carbocycles. The highest BCUT2D eigenvalue weighted by Gasteiger charge is 2.43. The Morgan fingerprint density at radius 2 is 1.78 bits per heavy atom. The van der Waals surface area contributed by atoms with E-state index in [0.29, 0.717) is 23.5 Å². The van der Waals surface area contributed by atoms with Gasteiger partial charge in [0.15, 0.2) is 0 Å². The number of allylic oxidation sites excluding steroid dienone is 1. The number of methoxy groups -OCH3 is 2. The smallest absolute Gasteiger partial charge is 0.336 e. The number of rotatable bonds is 12. The minimum atomic E-state index is -0.926. The molecule has 0 radical (unpaired) electrons. The van der Waals surface area contributed by atoms with Gasteiger partial charge in [0.25, 0.3) is 5.69 Å². The standard InChI is InChI=1S/C31H39N3O7/c1-20-26(29(35)40-7)28(23-9-8-10-24(17-23)34(37)38)27(21(2)32-20)30(36)41-19-31(3,4)18-33(5)16-15-22-11-13-25(39-6)14-12-22/h8-14,17,26,28H,15-16,18-19H2,1-7H3. The SMILES string of the molecule is COC(=O)C1C(C)=NC(C)=C(C(=O)OCC(C)(C)CN(C)CCc2ccc(OC)cc2)C1c1cccc([N+](=O)[O-])c1. The summed E-state index contributed by atoms with van der Waals surface area (Å²) >= 11 is 0. The Balaban J connectivity index is 1.76. The zero-order valence-corrected chi connectivity index (χ0v) is 24.8. The fourth-order valence-corrected chi connectivity index (χ4v) is 5.23. The maximum atomic E-state index is 13.6. The number of ether oxygens (including phenoxy) is 3. The number of aliphatic imine (C=N–C) groups is 1. The molecule has 2 aromatic rings. The molecule has 3 rings (SSSR count). The van der Waals surface area contributed by atoms with Crippen molar-refractivity contribution in [1.29, 1.82) is 0 Å². The number of nitro benzene ring substituents is 1. The van der Waals surface area contributed by atoms with Crippen molar-refractivity contribution in [2.24, 2.45) is 16.3 Å². The van der Waals surface area contributed by atoms with Gasteiger partial charge in [-0.15, -0.1) is 0 Å². The fraction of sp³-hybridized carbons (Fsp3) is 0.452. The normalized spacial score (nSPS) is 17.2. The lowest BCUT2D eigenvalue weighted by Gasteiger charge is -2.33. The number of carbonyl (C=O) groups excluding carboxylic acids is 2. The molecule has 0 aromatic heterocycles. The molecule has 0 spiro atoms. The number of likely N-dealkylation sites (N-methyl/N-ethyl adjacent to an activating group) is 1. The molecule has 1 heterocycles. The van der Waals surface area contributed by atoms with E-state index in [4.69, 9.17) is 14.2 Å². The van der Waals surface area contributed by atoms with E-state index < -0.39 is 28.7 Å². The van der Waals surface area contributed by atoms with Crippen LogP contribution in [0.3, 0.4) is 0 Å². The van der Waals surface area contributed by atoms with Gasteiger partial charge in [0.2, 0.25) is 0 Å². The first-order valence-corrected chi connectivity index (χ1v) is 13.4. The highest BCUT2D eigenvalue weighted by Crippen LogP contribution is 2.41. The monoisotopic (exact) mass is 565 g/mol. The van der Waals surface area contributed by atoms with Crippen LogP contribution in [0.2, 0.25) is 0 Å². The van der Waals surface area contributed by atoms with Crippen LogP contribution in [0.4, 0.5) is 5.69 Å². The molecule has 2 unspecified atom stereocenters. The Bertz CT molecular complexity index is 1330. The number of hydrogen-bond donors (Lipinski definition) is 0. The van der Waals surface area contributed by atoms with Crippen molar-refractivity contribution < 1.29 is 28.7 Å². The Morgan fingerprint density at radius 3 is 2.39 bits per heavy atom. The van der Waals surface area contributed by atoms with Crippen LogP contribution < -0.4 is 4.74 Å². The summed E-state index contributed by atoms with van der Waals surface area (Å²) in [5, 5.41) is 11.5. The van der Waals surface area contributed by atoms with Gasteiger partial charge < -0.3 is 19.1 Å². The summed E-state index contributed by atoms with van der Waals surface area (Å²) in [5.41, 5.74) is 2.16. The molecule has 10 nitrogen and oxygen atoms in total. The molecule has 41 heavy (non-hydrogen) atoms. The third kappa shape index (κ3) is 8.00. The molecular formula is C31H39N3O7. The first kappa shape index (κ1) is 31.5. The maximum absolute atomic E-state index is 13.6. The molecule has 0 N–H and O–H groups in total. The Hall–Kier alpha value is -4.05. The van der Waals surface area contributed by atoms with Crippen LogP contribution in [-0.4, -0.2) is 68.4 Å². The maximum Gasteiger partial charge on any atom is 0.336 e. The summed E-state index contributed by atoms with van der Waals surface area (Å²) in [6.45, 7) is 9.01. The average Bonchev–Trinajstić information content (AvgIpc) is 2.94. The third-order valence-corrected chi connectivity index (χ3v) is 7.18. The van der Waals surface area contributed by atoms with Crippen LogP contribution in [-0.2, 0) is 25.5 Å². The second-order valence-electron chi connectivity index (χ2n) is 11.2. The lowest BCUT2D eigenvalue weighted by Crippen LogP contribution is -2.38. The largest absolute Gasteiger partial charge is 0.497 e. The van der Waals surface area contributed by atoms with Crippen molar-refractivity contribution in [3.05, 3.63) is 81.0 Å². The lowest BCUT2D eigenvalue weighted by atomic mass is 9.75. The Kier molecular flexibility index (Phi) is 10.4. The van der Waals surface area contributed by atoms with Crippen LogP contribution in [0, 0.1) is 21.4 Å². The molecule has 1 aliphatic heterocycles. The van der Waals surface area contributed by atoms with Gasteiger partial charge in [-0.3, -0.25) is 19.9 Å². The quantitative estimate of drug-likeness (QED) is 0.201. The van der Waals surface area contributed by atoms with Gasteiger partial charge in [0, 0.05) is 48.0 Å². The van der Waals surface area contributed by atoms with Gasteiger partial charge in [0.1, 0.15) is 11.7 Å². The third-order valence-electron chi connectivity index (χ3n) is 7.18. The topological polar surface area (TPSA) is 121 Å². The summed E-state index contributed by atoms with van der Waals surface area (Å²) in [4.78, 5) is 44.1. The number of nitrogens with zero attached hydrogens (tertiary/aromatic N) is 3. The summed E-state index contributed by atoms with van der Waals surface area (Å²) in [6.07, 6.45) is 0.861. The highest BCUT2D eigenvalue weighted by atomic mass is 16.6. The van der Waals surface area contributed by atoms with Crippen LogP contribution in [0.25, 0.3) is 0 Å². The number of nitro groups is 1. The highest BCUT2D eigenvalue weighted by molar-refractivity contribution is 6.07. The first-order chi connectivity index (χ1) is 19.4. The average molecular weight is 566 g/mol. The zero-order valence-electron chi connectivity index (χ0n) is 24.8. The van der Waals surface area contributed by atoms with E-state index in [9.17, 15) is 19.7 Å². The van der Waals surface area contributed by atoms with E-state index in [1.165, 1.54) is 30.9 Å². The molecule has 1 aliphatic rings. The van der Waals surface area contributed by atoms with Crippen molar-refractivity contribution in [2.75, 3.05) is 41.0 Å². The Labute approximate surface area is 241 Å². The van der Waals surface area contributed by atoms with Crippen molar-refractivity contribution in [3.63, 3.8) is 0 Å². The van der Waals surface area contributed by atoms with Crippen molar-refractivity contribution >= 4 is 23.3 Å². The molecule has 2 atom stereocenters. The fourth-order valence-electron chi connectivity index (χ4n) is 5.23. The minimum Gasteiger partial charge on any atom is -0.497 e. The van der Waals surface area contributed by atoms with E-state index in [1.807, 2.05) is 45.2 Å². The zero-order chi connectivity index (χ0) is 30.3. The van der Waals surface area contributed by atoms with Crippen LogP contribution in [0.15, 0.2) is 64.8 Å². The van der Waals surface area contributed by atoms with E-state index in [2.05, 4.69) is 9.89 Å².